The monoisotopic (exact) mass is 651 g/mol. The third-order valence-electron chi connectivity index (χ3n) is 9.72. The maximum Gasteiger partial charge on any atom is 0.274 e. The summed E-state index contributed by atoms with van der Waals surface area (Å²) in [7, 11) is -1.18. The lowest BCUT2D eigenvalue weighted by Gasteiger charge is -2.38. The van der Waals surface area contributed by atoms with Gasteiger partial charge in [-0.05, 0) is 64.6 Å². The Morgan fingerprint density at radius 2 is 1.17 bits per heavy atom. The molecule has 5 heteroatoms. The number of hydrogen-bond donors (Lipinski definition) is 1. The molecule has 6 rings (SSSR count). The van der Waals surface area contributed by atoms with E-state index >= 15 is 0 Å². The molecule has 0 saturated carbocycles. The number of rotatable bonds is 9. The fourth-order valence-corrected chi connectivity index (χ4v) is 8.02. The first-order chi connectivity index (χ1) is 22.9. The molecule has 1 radical (unpaired) electrons. The normalized spacial score (nSPS) is 13.6. The van der Waals surface area contributed by atoms with Crippen LogP contribution < -0.4 is 4.43 Å². The Kier molecular flexibility index (Phi) is 8.97. The van der Waals surface area contributed by atoms with Crippen molar-refractivity contribution in [3.8, 4) is 5.75 Å². The molecule has 0 fully saturated rings. The number of benzene rings is 5. The van der Waals surface area contributed by atoms with Crippen LogP contribution in [0.15, 0.2) is 128 Å². The van der Waals surface area contributed by atoms with Gasteiger partial charge in [0.2, 0.25) is 0 Å². The maximum atomic E-state index is 13.1. The van der Waals surface area contributed by atoms with Gasteiger partial charge in [-0.25, -0.2) is 4.98 Å². The van der Waals surface area contributed by atoms with Gasteiger partial charge in [-0.2, -0.15) is 0 Å². The van der Waals surface area contributed by atoms with E-state index < -0.39 is 20.2 Å². The maximum absolute atomic E-state index is 13.1. The summed E-state index contributed by atoms with van der Waals surface area (Å²) in [4.78, 5) is 5.06. The van der Waals surface area contributed by atoms with Gasteiger partial charge in [-0.3, -0.25) is 0 Å². The van der Waals surface area contributed by atoms with Gasteiger partial charge < -0.3 is 14.1 Å². The third-order valence-corrected chi connectivity index (χ3v) is 10.3. The molecule has 48 heavy (non-hydrogen) atoms. The van der Waals surface area contributed by atoms with Crippen LogP contribution in [0.25, 0.3) is 10.8 Å². The summed E-state index contributed by atoms with van der Waals surface area (Å²) in [6.45, 7) is 17.3. The van der Waals surface area contributed by atoms with E-state index in [-0.39, 0.29) is 11.3 Å². The van der Waals surface area contributed by atoms with E-state index in [1.807, 2.05) is 30.7 Å². The highest BCUT2D eigenvalue weighted by Gasteiger charge is 2.44. The molecule has 1 heterocycles. The summed E-state index contributed by atoms with van der Waals surface area (Å²) in [6, 6.07) is 40.3. The average molecular weight is 652 g/mol. The number of nitrogens with zero attached hydrogens (tertiary/aromatic N) is 2. The van der Waals surface area contributed by atoms with Gasteiger partial charge in [0.15, 0.2) is 0 Å². The fraction of sp³-hybridized carbons (Fsp3) is 0.279. The predicted molar refractivity (Wildman–Crippen MR) is 200 cm³/mol. The summed E-state index contributed by atoms with van der Waals surface area (Å²) in [5, 5.41) is 15.3. The molecule has 1 N–H and O–H groups in total. The molecule has 6 aromatic rings. The van der Waals surface area contributed by atoms with Crippen LogP contribution in [0.4, 0.5) is 0 Å². The van der Waals surface area contributed by atoms with Crippen molar-refractivity contribution in [2.75, 3.05) is 0 Å². The Labute approximate surface area is 287 Å². The summed E-state index contributed by atoms with van der Waals surface area (Å²) in [6.07, 6.45) is 3.92. The molecular weight excluding hydrogens is 605 g/mol. The summed E-state index contributed by atoms with van der Waals surface area (Å²) >= 11 is 0. The van der Waals surface area contributed by atoms with E-state index in [1.54, 1.807) is 0 Å². The largest absolute Gasteiger partial charge is 0.542 e. The molecule has 0 amide bonds. The SMILES string of the molecule is Cc1c(C(C)(C)C)ccc2c(O[Si](C)C)c(C(O)(c3cn(C(c4ccccc4)(c4ccccc4)c4ccccc4)cn3)C(C)C)ccc12. The van der Waals surface area contributed by atoms with Crippen molar-refractivity contribution >= 4 is 19.8 Å². The van der Waals surface area contributed by atoms with E-state index in [1.165, 1.54) is 11.1 Å². The van der Waals surface area contributed by atoms with Gasteiger partial charge in [0.25, 0.3) is 9.04 Å². The molecule has 0 aliphatic heterocycles. The van der Waals surface area contributed by atoms with Crippen molar-refractivity contribution in [2.24, 2.45) is 5.92 Å². The van der Waals surface area contributed by atoms with Gasteiger partial charge in [0, 0.05) is 17.1 Å². The smallest absolute Gasteiger partial charge is 0.274 e. The third kappa shape index (κ3) is 5.59. The molecule has 1 aromatic heterocycles. The van der Waals surface area contributed by atoms with Gasteiger partial charge in [-0.15, -0.1) is 0 Å². The molecule has 4 nitrogen and oxygen atoms in total. The van der Waals surface area contributed by atoms with E-state index in [0.717, 1.165) is 38.8 Å². The van der Waals surface area contributed by atoms with Crippen LogP contribution in [0.3, 0.4) is 0 Å². The van der Waals surface area contributed by atoms with Crippen LogP contribution in [-0.4, -0.2) is 23.7 Å². The van der Waals surface area contributed by atoms with Gasteiger partial charge >= 0.3 is 0 Å². The van der Waals surface area contributed by atoms with Crippen LogP contribution in [0.5, 0.6) is 5.75 Å². The summed E-state index contributed by atoms with van der Waals surface area (Å²) < 4.78 is 8.92. The zero-order valence-electron chi connectivity index (χ0n) is 29.5. The predicted octanol–water partition coefficient (Wildman–Crippen LogP) is 10.0. The van der Waals surface area contributed by atoms with Crippen LogP contribution >= 0.6 is 0 Å². The fourth-order valence-electron chi connectivity index (χ4n) is 7.39. The number of fused-ring (bicyclic) bond motifs is 1. The molecular formula is C43H47N2O2Si. The van der Waals surface area contributed by atoms with Crippen molar-refractivity contribution in [3.63, 3.8) is 0 Å². The van der Waals surface area contributed by atoms with E-state index in [9.17, 15) is 5.11 Å². The lowest BCUT2D eigenvalue weighted by atomic mass is 9.76. The Bertz CT molecular complexity index is 1910. The van der Waals surface area contributed by atoms with Crippen LogP contribution in [0, 0.1) is 12.8 Å². The molecule has 0 spiro atoms. The molecule has 1 unspecified atom stereocenters. The van der Waals surface area contributed by atoms with Crippen molar-refractivity contribution in [1.82, 2.24) is 9.55 Å². The van der Waals surface area contributed by atoms with Crippen LogP contribution in [0.1, 0.15) is 73.7 Å². The molecule has 0 bridgehead atoms. The average Bonchev–Trinajstić information content (AvgIpc) is 3.57. The highest BCUT2D eigenvalue weighted by Crippen LogP contribution is 2.47. The van der Waals surface area contributed by atoms with E-state index in [4.69, 9.17) is 9.41 Å². The number of aliphatic hydroxyl groups is 1. The molecule has 245 valence electrons. The molecule has 5 aromatic carbocycles. The Morgan fingerprint density at radius 3 is 1.62 bits per heavy atom. The lowest BCUT2D eigenvalue weighted by Crippen LogP contribution is -2.38. The molecule has 1 atom stereocenters. The standard InChI is InChI=1S/C43H47N2O2Si/c1-30(2)43(46,38-27-24-35-31(3)37(41(4,5)6)26-25-36(35)40(38)47-48(7)8)39-28-45(29-44-39)42(32-18-12-9-13-19-32,33-20-14-10-15-21-33)34-22-16-11-17-23-34/h9-30,46H,1-8H3. The molecule has 0 aliphatic carbocycles. The quantitative estimate of drug-likeness (QED) is 0.125. The van der Waals surface area contributed by atoms with E-state index in [2.05, 4.69) is 156 Å². The summed E-state index contributed by atoms with van der Waals surface area (Å²) in [5.41, 5.74) is 5.02. The van der Waals surface area contributed by atoms with Crippen LogP contribution in [-0.2, 0) is 16.6 Å². The molecule has 0 saturated heterocycles. The highest BCUT2D eigenvalue weighted by molar-refractivity contribution is 6.49. The van der Waals surface area contributed by atoms with Crippen molar-refractivity contribution < 1.29 is 9.53 Å². The van der Waals surface area contributed by atoms with Gasteiger partial charge in [0.1, 0.15) is 16.9 Å². The number of hydrogen-bond acceptors (Lipinski definition) is 3. The summed E-state index contributed by atoms with van der Waals surface area (Å²) in [5.74, 6) is 0.542. The minimum atomic E-state index is -1.43. The zero-order chi connectivity index (χ0) is 34.3. The van der Waals surface area contributed by atoms with Crippen molar-refractivity contribution in [1.29, 1.82) is 0 Å². The Morgan fingerprint density at radius 1 is 0.688 bits per heavy atom. The minimum Gasteiger partial charge on any atom is -0.542 e. The minimum absolute atomic E-state index is 0.0106. The first-order valence-corrected chi connectivity index (χ1v) is 19.3. The number of aryl methyl sites for hydroxylation is 1. The lowest BCUT2D eigenvalue weighted by molar-refractivity contribution is 0.0265. The first kappa shape index (κ1) is 33.4. The van der Waals surface area contributed by atoms with Crippen LogP contribution in [0.2, 0.25) is 13.1 Å². The Hall–Kier alpha value is -4.45. The molecule has 0 aliphatic rings. The topological polar surface area (TPSA) is 47.3 Å². The van der Waals surface area contributed by atoms with Crippen molar-refractivity contribution in [2.45, 2.75) is 71.2 Å². The van der Waals surface area contributed by atoms with E-state index in [0.29, 0.717) is 5.69 Å². The number of imidazole rings is 1. The highest BCUT2D eigenvalue weighted by atomic mass is 28.3. The van der Waals surface area contributed by atoms with Crippen molar-refractivity contribution in [3.05, 3.63) is 167 Å². The second kappa shape index (κ2) is 12.9. The second-order valence-corrected chi connectivity index (χ2v) is 16.5. The first-order valence-electron chi connectivity index (χ1n) is 16.9. The Balaban J connectivity index is 1.62. The second-order valence-electron chi connectivity index (χ2n) is 14.4. The number of aromatic nitrogens is 2. The zero-order valence-corrected chi connectivity index (χ0v) is 30.5. The van der Waals surface area contributed by atoms with Gasteiger partial charge in [-0.1, -0.05) is 150 Å². The van der Waals surface area contributed by atoms with Gasteiger partial charge in [0.05, 0.1) is 12.0 Å².